The lowest BCUT2D eigenvalue weighted by Crippen LogP contribution is -2.34. The average Bonchev–Trinajstić information content (AvgIpc) is 3.07. The summed E-state index contributed by atoms with van der Waals surface area (Å²) in [6, 6.07) is 7.87. The second-order valence-corrected chi connectivity index (χ2v) is 7.18. The molecule has 0 unspecified atom stereocenters. The smallest absolute Gasteiger partial charge is 0.257 e. The Bertz CT molecular complexity index is 893. The maximum atomic E-state index is 6.40. The predicted octanol–water partition coefficient (Wildman–Crippen LogP) is 3.55. The highest BCUT2D eigenvalue weighted by Crippen LogP contribution is 2.38. The van der Waals surface area contributed by atoms with Crippen molar-refractivity contribution in [1.29, 1.82) is 0 Å². The first-order valence-corrected chi connectivity index (χ1v) is 8.87. The summed E-state index contributed by atoms with van der Waals surface area (Å²) in [6.07, 6.45) is 6.48. The molecule has 3 N–H and O–H groups in total. The van der Waals surface area contributed by atoms with E-state index >= 15 is 0 Å². The first-order valence-electron chi connectivity index (χ1n) is 8.87. The van der Waals surface area contributed by atoms with Crippen LogP contribution in [-0.4, -0.2) is 25.3 Å². The first-order chi connectivity index (χ1) is 12.2. The summed E-state index contributed by atoms with van der Waals surface area (Å²) in [5, 5.41) is 11.5. The van der Waals surface area contributed by atoms with Gasteiger partial charge in [0, 0.05) is 17.0 Å². The lowest BCUT2D eigenvalue weighted by Gasteiger charge is -2.17. The maximum absolute atomic E-state index is 6.40. The summed E-state index contributed by atoms with van der Waals surface area (Å²) in [4.78, 5) is 9.11. The molecule has 2 saturated carbocycles. The lowest BCUT2D eigenvalue weighted by atomic mass is 9.99. The molecule has 3 aromatic rings. The molecule has 2 heterocycles. The topological polar surface area (TPSA) is 107 Å². The van der Waals surface area contributed by atoms with Crippen LogP contribution in [0, 0.1) is 0 Å². The van der Waals surface area contributed by atoms with E-state index in [1.165, 1.54) is 12.8 Å². The second kappa shape index (κ2) is 6.48. The molecule has 0 spiro atoms. The third-order valence-corrected chi connectivity index (χ3v) is 5.22. The molecule has 8 heteroatoms. The fraction of sp³-hybridized carbons (Fsp3) is 0.444. The largest absolute Gasteiger partial charge is 0.334 e. The standard InChI is InChI=1S/C18H20N6O.ClH/c19-18(9-1-2-10-18)17-21-16(25-24-17)13-7-5-12(6-8-13)15-20-14(22-23-15)11-3-4-11;/h5-8,11H,1-4,9-10,19H2,(H,20,22,23);1H. The number of halogens is 1. The fourth-order valence-electron chi connectivity index (χ4n) is 3.48. The van der Waals surface area contributed by atoms with E-state index in [4.69, 9.17) is 10.3 Å². The van der Waals surface area contributed by atoms with Crippen molar-refractivity contribution in [3.8, 4) is 22.8 Å². The van der Waals surface area contributed by atoms with Gasteiger partial charge in [-0.05, 0) is 37.8 Å². The van der Waals surface area contributed by atoms with E-state index in [2.05, 4.69) is 25.3 Å². The monoisotopic (exact) mass is 372 g/mol. The molecule has 1 aromatic carbocycles. The minimum absolute atomic E-state index is 0. The Hall–Kier alpha value is -2.25. The van der Waals surface area contributed by atoms with Gasteiger partial charge in [-0.2, -0.15) is 10.1 Å². The van der Waals surface area contributed by atoms with Gasteiger partial charge < -0.3 is 10.3 Å². The van der Waals surface area contributed by atoms with Gasteiger partial charge in [-0.3, -0.25) is 5.10 Å². The number of rotatable bonds is 4. The van der Waals surface area contributed by atoms with Gasteiger partial charge in [-0.25, -0.2) is 4.98 Å². The molecular formula is C18H21ClN6O. The van der Waals surface area contributed by atoms with Crippen LogP contribution in [0.15, 0.2) is 28.8 Å². The zero-order valence-electron chi connectivity index (χ0n) is 14.3. The van der Waals surface area contributed by atoms with Crippen LogP contribution in [0.1, 0.15) is 56.1 Å². The van der Waals surface area contributed by atoms with Gasteiger partial charge >= 0.3 is 0 Å². The number of nitrogens with one attached hydrogen (secondary N) is 1. The van der Waals surface area contributed by atoms with Crippen LogP contribution in [-0.2, 0) is 5.54 Å². The number of hydrogen-bond donors (Lipinski definition) is 2. The number of H-pyrrole nitrogens is 1. The zero-order chi connectivity index (χ0) is 16.9. The minimum atomic E-state index is -0.431. The van der Waals surface area contributed by atoms with Crippen molar-refractivity contribution in [3.05, 3.63) is 35.9 Å². The molecule has 0 bridgehead atoms. The molecule has 5 rings (SSSR count). The van der Waals surface area contributed by atoms with Crippen molar-refractivity contribution in [2.45, 2.75) is 50.0 Å². The lowest BCUT2D eigenvalue weighted by molar-refractivity contribution is 0.372. The highest BCUT2D eigenvalue weighted by molar-refractivity contribution is 5.85. The van der Waals surface area contributed by atoms with Gasteiger partial charge in [0.05, 0.1) is 5.54 Å². The molecule has 136 valence electrons. The Morgan fingerprint density at radius 1 is 1.04 bits per heavy atom. The number of nitrogens with zero attached hydrogens (tertiary/aromatic N) is 4. The molecule has 0 amide bonds. The Balaban J connectivity index is 0.00000168. The van der Waals surface area contributed by atoms with E-state index in [1.54, 1.807) is 0 Å². The normalized spacial score (nSPS) is 18.7. The molecule has 2 aromatic heterocycles. The van der Waals surface area contributed by atoms with E-state index in [0.29, 0.717) is 17.6 Å². The van der Waals surface area contributed by atoms with Crippen LogP contribution >= 0.6 is 12.4 Å². The molecule has 0 saturated heterocycles. The summed E-state index contributed by atoms with van der Waals surface area (Å²) in [5.41, 5.74) is 7.81. The van der Waals surface area contributed by atoms with Crippen molar-refractivity contribution in [1.82, 2.24) is 25.3 Å². The minimum Gasteiger partial charge on any atom is -0.334 e. The molecule has 0 radical (unpaired) electrons. The van der Waals surface area contributed by atoms with E-state index in [9.17, 15) is 0 Å². The Labute approximate surface area is 157 Å². The third-order valence-electron chi connectivity index (χ3n) is 5.22. The predicted molar refractivity (Wildman–Crippen MR) is 98.7 cm³/mol. The molecular weight excluding hydrogens is 352 g/mol. The van der Waals surface area contributed by atoms with Crippen molar-refractivity contribution < 1.29 is 4.52 Å². The second-order valence-electron chi connectivity index (χ2n) is 7.18. The van der Waals surface area contributed by atoms with Gasteiger partial charge in [-0.15, -0.1) is 12.4 Å². The van der Waals surface area contributed by atoms with E-state index in [1.807, 2.05) is 24.3 Å². The summed E-state index contributed by atoms with van der Waals surface area (Å²) >= 11 is 0. The Kier molecular flexibility index (Phi) is 4.28. The van der Waals surface area contributed by atoms with Crippen LogP contribution in [0.5, 0.6) is 0 Å². The zero-order valence-corrected chi connectivity index (χ0v) is 15.1. The van der Waals surface area contributed by atoms with Gasteiger partial charge in [0.2, 0.25) is 0 Å². The first kappa shape index (κ1) is 17.2. The van der Waals surface area contributed by atoms with Gasteiger partial charge in [0.15, 0.2) is 11.6 Å². The SMILES string of the molecule is Cl.NC1(c2noc(-c3ccc(-c4n[nH]c(C5CC5)n4)cc3)n2)CCCC1. The van der Waals surface area contributed by atoms with Crippen LogP contribution in [0.3, 0.4) is 0 Å². The quantitative estimate of drug-likeness (QED) is 0.725. The van der Waals surface area contributed by atoms with Crippen molar-refractivity contribution in [2.24, 2.45) is 5.73 Å². The Morgan fingerprint density at radius 3 is 2.42 bits per heavy atom. The number of hydrogen-bond acceptors (Lipinski definition) is 6. The molecule has 2 aliphatic rings. The highest BCUT2D eigenvalue weighted by atomic mass is 35.5. The summed E-state index contributed by atoms with van der Waals surface area (Å²) < 4.78 is 5.44. The number of benzene rings is 1. The number of nitrogens with two attached hydrogens (primary N) is 1. The number of aromatic nitrogens is 5. The summed E-state index contributed by atoms with van der Waals surface area (Å²) in [5.74, 6) is 3.41. The fourth-order valence-corrected chi connectivity index (χ4v) is 3.48. The van der Waals surface area contributed by atoms with Crippen molar-refractivity contribution >= 4 is 12.4 Å². The average molecular weight is 373 g/mol. The maximum Gasteiger partial charge on any atom is 0.257 e. The van der Waals surface area contributed by atoms with Crippen LogP contribution in [0.2, 0.25) is 0 Å². The van der Waals surface area contributed by atoms with E-state index in [0.717, 1.165) is 48.5 Å². The molecule has 0 atom stereocenters. The molecule has 2 aliphatic carbocycles. The van der Waals surface area contributed by atoms with Gasteiger partial charge in [0.1, 0.15) is 5.82 Å². The van der Waals surface area contributed by atoms with Crippen molar-refractivity contribution in [2.75, 3.05) is 0 Å². The van der Waals surface area contributed by atoms with E-state index in [-0.39, 0.29) is 12.4 Å². The van der Waals surface area contributed by atoms with E-state index < -0.39 is 5.54 Å². The molecule has 0 aliphatic heterocycles. The Morgan fingerprint density at radius 2 is 1.73 bits per heavy atom. The number of aromatic amines is 1. The summed E-state index contributed by atoms with van der Waals surface area (Å²) in [7, 11) is 0. The van der Waals surface area contributed by atoms with Gasteiger partial charge in [0.25, 0.3) is 5.89 Å². The third kappa shape index (κ3) is 3.01. The summed E-state index contributed by atoms with van der Waals surface area (Å²) in [6.45, 7) is 0. The molecule has 26 heavy (non-hydrogen) atoms. The van der Waals surface area contributed by atoms with Gasteiger partial charge in [-0.1, -0.05) is 30.1 Å². The molecule has 2 fully saturated rings. The van der Waals surface area contributed by atoms with Crippen molar-refractivity contribution in [3.63, 3.8) is 0 Å². The van der Waals surface area contributed by atoms with Crippen LogP contribution in [0.4, 0.5) is 0 Å². The highest BCUT2D eigenvalue weighted by Gasteiger charge is 2.36. The van der Waals surface area contributed by atoms with Crippen LogP contribution in [0.25, 0.3) is 22.8 Å². The molecule has 7 nitrogen and oxygen atoms in total. The van der Waals surface area contributed by atoms with Crippen LogP contribution < -0.4 is 5.73 Å².